The minimum absolute atomic E-state index is 0.0639. The zero-order valence-electron chi connectivity index (χ0n) is 8.70. The van der Waals surface area contributed by atoms with Crippen LogP contribution in [0.2, 0.25) is 0 Å². The summed E-state index contributed by atoms with van der Waals surface area (Å²) in [5.41, 5.74) is -2.22. The number of halogens is 4. The van der Waals surface area contributed by atoms with Gasteiger partial charge < -0.3 is 0 Å². The lowest BCUT2D eigenvalue weighted by Crippen LogP contribution is -2.44. The van der Waals surface area contributed by atoms with Crippen molar-refractivity contribution in [3.05, 3.63) is 0 Å². The van der Waals surface area contributed by atoms with Crippen LogP contribution in [0.25, 0.3) is 0 Å². The molecule has 9 heteroatoms. The van der Waals surface area contributed by atoms with E-state index in [1.165, 1.54) is 0 Å². The van der Waals surface area contributed by atoms with Crippen LogP contribution in [0.4, 0.5) is 17.6 Å². The van der Waals surface area contributed by atoms with Crippen LogP contribution in [0.1, 0.15) is 32.1 Å². The molecule has 0 aliphatic heterocycles. The van der Waals surface area contributed by atoms with E-state index in [9.17, 15) is 26.0 Å². The van der Waals surface area contributed by atoms with Crippen molar-refractivity contribution >= 4 is 10.4 Å². The average molecular weight is 280 g/mol. The number of rotatable bonds is 3. The van der Waals surface area contributed by atoms with Gasteiger partial charge in [0.25, 0.3) is 0 Å². The standard InChI is InChI=1S/C8H12F4O4S/c9-6-2-1-3-7(4-6,5-8(10,11)12)16-17(13,14)15/h6H,1-5H2,(H,13,14,15). The second kappa shape index (κ2) is 4.69. The molecule has 0 aromatic carbocycles. The van der Waals surface area contributed by atoms with Gasteiger partial charge in [-0.25, -0.2) is 8.57 Å². The maximum Gasteiger partial charge on any atom is 0.397 e. The Hall–Kier alpha value is -0.410. The molecule has 1 rings (SSSR count). The molecule has 0 heterocycles. The van der Waals surface area contributed by atoms with Crippen molar-refractivity contribution in [2.24, 2.45) is 0 Å². The monoisotopic (exact) mass is 280 g/mol. The number of hydrogen-bond acceptors (Lipinski definition) is 3. The fourth-order valence-electron chi connectivity index (χ4n) is 2.11. The van der Waals surface area contributed by atoms with Crippen LogP contribution in [0.5, 0.6) is 0 Å². The van der Waals surface area contributed by atoms with Crippen LogP contribution in [0, 0.1) is 0 Å². The first kappa shape index (κ1) is 14.7. The Labute approximate surface area is 95.9 Å². The van der Waals surface area contributed by atoms with Crippen LogP contribution in [0.15, 0.2) is 0 Å². The minimum atomic E-state index is -5.04. The normalized spacial score (nSPS) is 31.5. The molecule has 1 aliphatic carbocycles. The molecule has 2 atom stereocenters. The van der Waals surface area contributed by atoms with E-state index in [1.54, 1.807) is 0 Å². The van der Waals surface area contributed by atoms with E-state index >= 15 is 0 Å². The smallest absolute Gasteiger partial charge is 0.264 e. The number of hydrogen-bond donors (Lipinski definition) is 1. The molecule has 2 unspecified atom stereocenters. The van der Waals surface area contributed by atoms with E-state index in [-0.39, 0.29) is 19.3 Å². The Bertz CT molecular complexity index is 366. The van der Waals surface area contributed by atoms with Crippen molar-refractivity contribution in [3.8, 4) is 0 Å². The molecule has 0 radical (unpaired) electrons. The predicted octanol–water partition coefficient (Wildman–Crippen LogP) is 2.41. The summed E-state index contributed by atoms with van der Waals surface area (Å²) in [5, 5.41) is 0. The van der Waals surface area contributed by atoms with Crippen LogP contribution in [-0.4, -0.2) is 30.9 Å². The molecule has 0 amide bonds. The summed E-state index contributed by atoms with van der Waals surface area (Å²) < 4.78 is 83.7. The maximum absolute atomic E-state index is 13.1. The van der Waals surface area contributed by atoms with Crippen molar-refractivity contribution < 1.29 is 34.7 Å². The Morgan fingerprint density at radius 1 is 1.41 bits per heavy atom. The van der Waals surface area contributed by atoms with Crippen LogP contribution < -0.4 is 0 Å². The zero-order valence-corrected chi connectivity index (χ0v) is 9.52. The van der Waals surface area contributed by atoms with Gasteiger partial charge in [0, 0.05) is 6.42 Å². The molecule has 0 spiro atoms. The Kier molecular flexibility index (Phi) is 4.04. The van der Waals surface area contributed by atoms with Gasteiger partial charge in [0.2, 0.25) is 0 Å². The molecular weight excluding hydrogens is 268 g/mol. The zero-order chi connectivity index (χ0) is 13.3. The molecule has 1 fully saturated rings. The van der Waals surface area contributed by atoms with Gasteiger partial charge >= 0.3 is 16.6 Å². The molecule has 1 saturated carbocycles. The molecule has 0 bridgehead atoms. The van der Waals surface area contributed by atoms with Crippen LogP contribution in [0.3, 0.4) is 0 Å². The van der Waals surface area contributed by atoms with Gasteiger partial charge in [-0.1, -0.05) is 0 Å². The summed E-state index contributed by atoms with van der Waals surface area (Å²) in [6, 6.07) is 0. The van der Waals surface area contributed by atoms with Gasteiger partial charge in [0.05, 0.1) is 6.42 Å². The topological polar surface area (TPSA) is 63.6 Å². The van der Waals surface area contributed by atoms with Crippen molar-refractivity contribution in [1.29, 1.82) is 0 Å². The highest BCUT2D eigenvalue weighted by atomic mass is 32.3. The second-order valence-electron chi connectivity index (χ2n) is 4.18. The lowest BCUT2D eigenvalue weighted by Gasteiger charge is -2.37. The average Bonchev–Trinajstić information content (AvgIpc) is 1.94. The van der Waals surface area contributed by atoms with E-state index in [2.05, 4.69) is 4.18 Å². The van der Waals surface area contributed by atoms with Gasteiger partial charge in [-0.3, -0.25) is 4.55 Å². The Morgan fingerprint density at radius 2 is 2.00 bits per heavy atom. The second-order valence-corrected chi connectivity index (χ2v) is 5.20. The highest BCUT2D eigenvalue weighted by Crippen LogP contribution is 2.42. The quantitative estimate of drug-likeness (QED) is 0.637. The van der Waals surface area contributed by atoms with Gasteiger partial charge in [0.1, 0.15) is 11.8 Å². The highest BCUT2D eigenvalue weighted by molar-refractivity contribution is 7.80. The summed E-state index contributed by atoms with van der Waals surface area (Å²) >= 11 is 0. The summed E-state index contributed by atoms with van der Waals surface area (Å²) in [5.74, 6) is 0. The molecule has 0 aromatic rings. The van der Waals surface area contributed by atoms with E-state index in [4.69, 9.17) is 4.55 Å². The van der Waals surface area contributed by atoms with Gasteiger partial charge in [0.15, 0.2) is 0 Å². The molecule has 0 aromatic heterocycles. The molecular formula is C8H12F4O4S. The predicted molar refractivity (Wildman–Crippen MR) is 49.4 cm³/mol. The fraction of sp³-hybridized carbons (Fsp3) is 1.00. The number of alkyl halides is 4. The Morgan fingerprint density at radius 3 is 2.41 bits per heavy atom. The van der Waals surface area contributed by atoms with Crippen molar-refractivity contribution in [2.75, 3.05) is 0 Å². The molecule has 4 nitrogen and oxygen atoms in total. The van der Waals surface area contributed by atoms with Crippen molar-refractivity contribution in [1.82, 2.24) is 0 Å². The SMILES string of the molecule is O=S(=O)(O)OC1(CC(F)(F)F)CCCC(F)C1. The molecule has 102 valence electrons. The molecule has 1 aliphatic rings. The molecule has 17 heavy (non-hydrogen) atoms. The van der Waals surface area contributed by atoms with E-state index in [0.717, 1.165) is 0 Å². The Balaban J connectivity index is 2.91. The fourth-order valence-corrected chi connectivity index (χ4v) is 2.76. The van der Waals surface area contributed by atoms with Crippen molar-refractivity contribution in [3.63, 3.8) is 0 Å². The van der Waals surface area contributed by atoms with E-state index in [0.29, 0.717) is 0 Å². The first-order chi connectivity index (χ1) is 7.52. The van der Waals surface area contributed by atoms with Gasteiger partial charge in [-0.05, 0) is 19.3 Å². The minimum Gasteiger partial charge on any atom is -0.264 e. The van der Waals surface area contributed by atoms with E-state index < -0.39 is 41.2 Å². The molecule has 1 N–H and O–H groups in total. The highest BCUT2D eigenvalue weighted by Gasteiger charge is 2.48. The lowest BCUT2D eigenvalue weighted by molar-refractivity contribution is -0.179. The molecule has 0 saturated heterocycles. The third-order valence-corrected chi connectivity index (χ3v) is 3.11. The summed E-state index contributed by atoms with van der Waals surface area (Å²) in [6.45, 7) is 0. The largest absolute Gasteiger partial charge is 0.397 e. The first-order valence-corrected chi connectivity index (χ1v) is 6.27. The third-order valence-electron chi connectivity index (χ3n) is 2.55. The summed E-state index contributed by atoms with van der Waals surface area (Å²) in [6.07, 6.45) is -8.66. The van der Waals surface area contributed by atoms with Crippen molar-refractivity contribution in [2.45, 2.75) is 50.1 Å². The van der Waals surface area contributed by atoms with Crippen LogP contribution >= 0.6 is 0 Å². The van der Waals surface area contributed by atoms with Gasteiger partial charge in [-0.2, -0.15) is 21.6 Å². The van der Waals surface area contributed by atoms with E-state index in [1.807, 2.05) is 0 Å². The maximum atomic E-state index is 13.1. The lowest BCUT2D eigenvalue weighted by atomic mass is 9.81. The summed E-state index contributed by atoms with van der Waals surface area (Å²) in [7, 11) is -5.04. The first-order valence-electron chi connectivity index (χ1n) is 4.90. The van der Waals surface area contributed by atoms with Crippen LogP contribution in [-0.2, 0) is 14.6 Å². The van der Waals surface area contributed by atoms with Gasteiger partial charge in [-0.15, -0.1) is 0 Å². The third kappa shape index (κ3) is 5.17. The summed E-state index contributed by atoms with van der Waals surface area (Å²) in [4.78, 5) is 0.